The molecule has 1 aromatic rings. The molecule has 7 heteroatoms. The van der Waals surface area contributed by atoms with Crippen LogP contribution in [0.15, 0.2) is 33.6 Å². The van der Waals surface area contributed by atoms with E-state index in [4.69, 9.17) is 0 Å². The molecule has 1 aliphatic rings. The lowest BCUT2D eigenvalue weighted by Crippen LogP contribution is -2.50. The van der Waals surface area contributed by atoms with E-state index in [1.807, 2.05) is 0 Å². The molecule has 2 N–H and O–H groups in total. The van der Waals surface area contributed by atoms with E-state index < -0.39 is 16.1 Å². The van der Waals surface area contributed by atoms with E-state index in [1.165, 1.54) is 6.07 Å². The molecule has 1 aromatic carbocycles. The van der Waals surface area contributed by atoms with Crippen molar-refractivity contribution in [3.8, 4) is 0 Å². The minimum atomic E-state index is -3.68. The Morgan fingerprint density at radius 2 is 2.06 bits per heavy atom. The summed E-state index contributed by atoms with van der Waals surface area (Å²) in [6, 6.07) is 5.83. The number of amides is 1. The fraction of sp³-hybridized carbons (Fsp3) is 0.364. The van der Waals surface area contributed by atoms with Gasteiger partial charge >= 0.3 is 0 Å². The van der Waals surface area contributed by atoms with E-state index in [9.17, 15) is 13.2 Å². The zero-order valence-electron chi connectivity index (χ0n) is 9.52. The number of rotatable bonds is 3. The van der Waals surface area contributed by atoms with Gasteiger partial charge in [-0.2, -0.15) is 4.72 Å². The van der Waals surface area contributed by atoms with Crippen molar-refractivity contribution >= 4 is 31.9 Å². The highest BCUT2D eigenvalue weighted by atomic mass is 79.9. The third kappa shape index (κ3) is 2.90. The van der Waals surface area contributed by atoms with Gasteiger partial charge in [0.1, 0.15) is 6.04 Å². The Labute approximate surface area is 114 Å². The largest absolute Gasteiger partial charge is 0.355 e. The summed E-state index contributed by atoms with van der Waals surface area (Å²) in [4.78, 5) is 11.7. The molecule has 1 fully saturated rings. The normalized spacial score (nSPS) is 20.5. The van der Waals surface area contributed by atoms with Crippen molar-refractivity contribution in [2.75, 3.05) is 6.54 Å². The van der Waals surface area contributed by atoms with Gasteiger partial charge in [0.2, 0.25) is 15.9 Å². The van der Waals surface area contributed by atoms with Crippen molar-refractivity contribution in [2.45, 2.75) is 23.8 Å². The van der Waals surface area contributed by atoms with Gasteiger partial charge in [-0.3, -0.25) is 4.79 Å². The van der Waals surface area contributed by atoms with E-state index in [0.29, 0.717) is 17.4 Å². The minimum absolute atomic E-state index is 0.142. The Bertz CT molecular complexity index is 559. The second-order valence-electron chi connectivity index (χ2n) is 4.04. The fourth-order valence-electron chi connectivity index (χ4n) is 1.80. The number of carbonyl (C=O) groups is 1. The summed E-state index contributed by atoms with van der Waals surface area (Å²) in [5.74, 6) is -0.267. The van der Waals surface area contributed by atoms with E-state index in [2.05, 4.69) is 26.0 Å². The number of halogens is 1. The Kier molecular flexibility index (Phi) is 4.04. The number of carbonyl (C=O) groups excluding carboxylic acids is 1. The van der Waals surface area contributed by atoms with Crippen LogP contribution in [0, 0.1) is 0 Å². The van der Waals surface area contributed by atoms with E-state index in [1.54, 1.807) is 18.2 Å². The molecule has 1 aliphatic heterocycles. The molecule has 1 heterocycles. The molecule has 0 bridgehead atoms. The van der Waals surface area contributed by atoms with Crippen LogP contribution in [-0.2, 0) is 14.8 Å². The topological polar surface area (TPSA) is 75.3 Å². The third-order valence-corrected chi connectivity index (χ3v) is 5.19. The molecule has 1 saturated heterocycles. The lowest BCUT2D eigenvalue weighted by molar-refractivity contribution is -0.124. The summed E-state index contributed by atoms with van der Waals surface area (Å²) < 4.78 is 27.2. The van der Waals surface area contributed by atoms with Crippen molar-refractivity contribution in [3.63, 3.8) is 0 Å². The summed E-state index contributed by atoms with van der Waals surface area (Å²) >= 11 is 3.19. The van der Waals surface area contributed by atoms with Gasteiger partial charge in [-0.1, -0.05) is 12.1 Å². The highest BCUT2D eigenvalue weighted by Crippen LogP contribution is 2.21. The number of piperidine rings is 1. The predicted octanol–water partition coefficient (Wildman–Crippen LogP) is 1.01. The van der Waals surface area contributed by atoms with Gasteiger partial charge in [0.15, 0.2) is 0 Å². The lowest BCUT2D eigenvalue weighted by atomic mass is 10.1. The molecule has 1 amide bonds. The molecule has 18 heavy (non-hydrogen) atoms. The molecule has 0 saturated carbocycles. The number of sulfonamides is 1. The maximum Gasteiger partial charge on any atom is 0.242 e. The molecule has 5 nitrogen and oxygen atoms in total. The van der Waals surface area contributed by atoms with Gasteiger partial charge in [-0.05, 0) is 40.9 Å². The minimum Gasteiger partial charge on any atom is -0.355 e. The van der Waals surface area contributed by atoms with E-state index in [0.717, 1.165) is 6.42 Å². The molecule has 0 spiro atoms. The average Bonchev–Trinajstić information content (AvgIpc) is 2.32. The maximum absolute atomic E-state index is 12.1. The molecule has 0 aliphatic carbocycles. The smallest absolute Gasteiger partial charge is 0.242 e. The monoisotopic (exact) mass is 332 g/mol. The molecule has 1 atom stereocenters. The van der Waals surface area contributed by atoms with Crippen LogP contribution in [-0.4, -0.2) is 26.9 Å². The summed E-state index contributed by atoms with van der Waals surface area (Å²) in [7, 11) is -3.68. The molecular formula is C11H13BrN2O3S. The summed E-state index contributed by atoms with van der Waals surface area (Å²) in [6.07, 6.45) is 1.30. The van der Waals surface area contributed by atoms with Gasteiger partial charge in [-0.25, -0.2) is 8.42 Å². The SMILES string of the molecule is O=C1NCCC[C@H]1NS(=O)(=O)c1ccccc1Br. The van der Waals surface area contributed by atoms with Crippen LogP contribution in [0.2, 0.25) is 0 Å². The van der Waals surface area contributed by atoms with Gasteiger partial charge in [0.25, 0.3) is 0 Å². The first-order valence-corrected chi connectivity index (χ1v) is 7.83. The molecule has 0 unspecified atom stereocenters. The molecule has 98 valence electrons. The highest BCUT2D eigenvalue weighted by Gasteiger charge is 2.28. The zero-order valence-corrected chi connectivity index (χ0v) is 11.9. The third-order valence-electron chi connectivity index (χ3n) is 2.71. The second kappa shape index (κ2) is 5.38. The second-order valence-corrected chi connectivity index (χ2v) is 6.57. The molecule has 0 radical (unpaired) electrons. The van der Waals surface area contributed by atoms with Crippen LogP contribution in [0.4, 0.5) is 0 Å². The molecular weight excluding hydrogens is 320 g/mol. The summed E-state index contributed by atoms with van der Waals surface area (Å²) in [5.41, 5.74) is 0. The molecule has 0 aromatic heterocycles. The number of hydrogen-bond donors (Lipinski definition) is 2. The van der Waals surface area contributed by atoms with E-state index in [-0.39, 0.29) is 10.8 Å². The molecule has 2 rings (SSSR count). The fourth-order valence-corrected chi connectivity index (χ4v) is 4.03. The number of benzene rings is 1. The van der Waals surface area contributed by atoms with Crippen molar-refractivity contribution in [2.24, 2.45) is 0 Å². The van der Waals surface area contributed by atoms with Crippen molar-refractivity contribution in [3.05, 3.63) is 28.7 Å². The number of nitrogens with one attached hydrogen (secondary N) is 2. The highest BCUT2D eigenvalue weighted by molar-refractivity contribution is 9.10. The zero-order chi connectivity index (χ0) is 13.2. The van der Waals surface area contributed by atoms with Crippen LogP contribution >= 0.6 is 15.9 Å². The van der Waals surface area contributed by atoms with Crippen LogP contribution < -0.4 is 10.0 Å². The van der Waals surface area contributed by atoms with Gasteiger partial charge in [-0.15, -0.1) is 0 Å². The maximum atomic E-state index is 12.1. The van der Waals surface area contributed by atoms with Crippen molar-refractivity contribution in [1.82, 2.24) is 10.0 Å². The van der Waals surface area contributed by atoms with Crippen molar-refractivity contribution < 1.29 is 13.2 Å². The summed E-state index contributed by atoms with van der Waals surface area (Å²) in [6.45, 7) is 0.603. The quantitative estimate of drug-likeness (QED) is 0.867. The summed E-state index contributed by atoms with van der Waals surface area (Å²) in [5, 5.41) is 2.64. The lowest BCUT2D eigenvalue weighted by Gasteiger charge is -2.22. The van der Waals surface area contributed by atoms with Crippen LogP contribution in [0.1, 0.15) is 12.8 Å². The average molecular weight is 333 g/mol. The Hall–Kier alpha value is -0.920. The van der Waals surface area contributed by atoms with Crippen LogP contribution in [0.3, 0.4) is 0 Å². The van der Waals surface area contributed by atoms with Crippen molar-refractivity contribution in [1.29, 1.82) is 0 Å². The Morgan fingerprint density at radius 1 is 1.33 bits per heavy atom. The van der Waals surface area contributed by atoms with E-state index >= 15 is 0 Å². The van der Waals surface area contributed by atoms with Gasteiger partial charge in [0.05, 0.1) is 4.90 Å². The Balaban J connectivity index is 2.22. The predicted molar refractivity (Wildman–Crippen MR) is 70.5 cm³/mol. The van der Waals surface area contributed by atoms with Gasteiger partial charge < -0.3 is 5.32 Å². The van der Waals surface area contributed by atoms with Gasteiger partial charge in [0, 0.05) is 11.0 Å². The first-order chi connectivity index (χ1) is 8.50. The van der Waals surface area contributed by atoms with Crippen LogP contribution in [0.25, 0.3) is 0 Å². The first kappa shape index (κ1) is 13.5. The van der Waals surface area contributed by atoms with Crippen LogP contribution in [0.5, 0.6) is 0 Å². The Morgan fingerprint density at radius 3 is 2.72 bits per heavy atom. The standard InChI is InChI=1S/C11H13BrN2O3S/c12-8-4-1-2-6-10(8)18(16,17)14-9-5-3-7-13-11(9)15/h1-2,4,6,9,14H,3,5,7H2,(H,13,15)/t9-/m1/s1. The first-order valence-electron chi connectivity index (χ1n) is 5.55. The number of hydrogen-bond acceptors (Lipinski definition) is 3.